The lowest BCUT2D eigenvalue weighted by Crippen LogP contribution is -2.41. The van der Waals surface area contributed by atoms with Crippen LogP contribution in [0.25, 0.3) is 0 Å². The quantitative estimate of drug-likeness (QED) is 0.351. The van der Waals surface area contributed by atoms with Crippen LogP contribution >= 0.6 is 15.9 Å². The highest BCUT2D eigenvalue weighted by atomic mass is 79.9. The number of aliphatic hydroxyl groups is 1. The largest absolute Gasteiger partial charge is 0.493 e. The van der Waals surface area contributed by atoms with E-state index in [1.54, 1.807) is 14.2 Å². The molecule has 2 aliphatic rings. The van der Waals surface area contributed by atoms with Crippen LogP contribution in [-0.2, 0) is 14.2 Å². The number of nitrogens with zero attached hydrogens (tertiary/aromatic N) is 2. The van der Waals surface area contributed by atoms with E-state index >= 15 is 0 Å². The first-order valence-corrected chi connectivity index (χ1v) is 13.4. The van der Waals surface area contributed by atoms with Crippen LogP contribution in [-0.4, -0.2) is 75.9 Å². The molecule has 3 atom stereocenters. The molecule has 11 heteroatoms. The molecule has 38 heavy (non-hydrogen) atoms. The molecule has 2 N–H and O–H groups in total. The average Bonchev–Trinajstić information content (AvgIpc) is 3.44. The predicted octanol–water partition coefficient (Wildman–Crippen LogP) is 4.34. The van der Waals surface area contributed by atoms with Crippen molar-refractivity contribution in [3.8, 4) is 11.5 Å². The summed E-state index contributed by atoms with van der Waals surface area (Å²) >= 11 is 3.51. The first kappa shape index (κ1) is 28.2. The highest BCUT2D eigenvalue weighted by molar-refractivity contribution is 9.10. The Labute approximate surface area is 231 Å². The van der Waals surface area contributed by atoms with Gasteiger partial charge < -0.3 is 28.8 Å². The van der Waals surface area contributed by atoms with Crippen molar-refractivity contribution in [3.05, 3.63) is 52.0 Å². The summed E-state index contributed by atoms with van der Waals surface area (Å²) in [6.45, 7) is 3.39. The minimum Gasteiger partial charge on any atom is -0.493 e. The molecule has 2 aromatic rings. The number of benzene rings is 2. The van der Waals surface area contributed by atoms with Crippen molar-refractivity contribution in [3.63, 3.8) is 0 Å². The van der Waals surface area contributed by atoms with E-state index in [1.165, 1.54) is 5.01 Å². The monoisotopic (exact) mass is 591 g/mol. The van der Waals surface area contributed by atoms with Gasteiger partial charge in [-0.3, -0.25) is 5.43 Å². The Morgan fingerprint density at radius 2 is 1.71 bits per heavy atom. The number of nitrogens with one attached hydrogen (secondary N) is 1. The number of carbonyl (C=O) groups is 1. The lowest BCUT2D eigenvalue weighted by atomic mass is 9.88. The second-order valence-electron chi connectivity index (χ2n) is 8.84. The maximum Gasteiger partial charge on any atom is 0.429 e. The summed E-state index contributed by atoms with van der Waals surface area (Å²) in [5.74, 6) is 1.96. The molecule has 0 radical (unpaired) electrons. The topological polar surface area (TPSA) is 111 Å². The highest BCUT2D eigenvalue weighted by Crippen LogP contribution is 2.55. The SMILES string of the molecule is CCC1c2cc(OC)c(OC)cc2C2C1C(=Nc1cccc(Br)c1)NN2C(=O)OCCOCCOCCO. The Balaban J connectivity index is 1.58. The standard InChI is InChI=1S/C27H34BrN3O7/c1-4-19-20-15-22(34-2)23(35-3)16-21(20)25-24(19)26(29-18-7-5-6-17(28)14-18)30-31(25)27(33)38-13-12-37-11-10-36-9-8-32/h5-7,14-16,19,24-25,32H,4,8-13H2,1-3H3,(H,29,30). The molecule has 1 aliphatic carbocycles. The van der Waals surface area contributed by atoms with Gasteiger partial charge in [0.1, 0.15) is 12.4 Å². The number of fused-ring (bicyclic) bond motifs is 3. The van der Waals surface area contributed by atoms with Crippen molar-refractivity contribution in [1.82, 2.24) is 10.4 Å². The zero-order valence-electron chi connectivity index (χ0n) is 21.8. The molecule has 0 aromatic heterocycles. The molecule has 1 aliphatic heterocycles. The molecule has 1 saturated heterocycles. The van der Waals surface area contributed by atoms with Crippen LogP contribution in [0.2, 0.25) is 0 Å². The Bertz CT molecular complexity index is 1150. The number of amides is 1. The molecular weight excluding hydrogens is 558 g/mol. The van der Waals surface area contributed by atoms with Gasteiger partial charge in [0.15, 0.2) is 11.5 Å². The van der Waals surface area contributed by atoms with Crippen LogP contribution in [0.3, 0.4) is 0 Å². The number of methoxy groups -OCH3 is 2. The van der Waals surface area contributed by atoms with Crippen LogP contribution in [0.15, 0.2) is 45.9 Å². The number of aliphatic imine (C=N–C) groups is 1. The van der Waals surface area contributed by atoms with E-state index in [-0.39, 0.29) is 44.3 Å². The first-order valence-electron chi connectivity index (χ1n) is 12.6. The number of carbonyl (C=O) groups excluding carboxylic acids is 1. The molecule has 0 saturated carbocycles. The summed E-state index contributed by atoms with van der Waals surface area (Å²) in [6.07, 6.45) is 0.329. The summed E-state index contributed by atoms with van der Waals surface area (Å²) < 4.78 is 28.3. The molecular formula is C27H34BrN3O7. The zero-order valence-corrected chi connectivity index (χ0v) is 23.4. The van der Waals surface area contributed by atoms with Crippen LogP contribution < -0.4 is 14.9 Å². The van der Waals surface area contributed by atoms with Gasteiger partial charge in [-0.2, -0.15) is 0 Å². The fraction of sp³-hybridized carbons (Fsp3) is 0.481. The Morgan fingerprint density at radius 3 is 2.37 bits per heavy atom. The van der Waals surface area contributed by atoms with E-state index in [1.807, 2.05) is 36.4 Å². The number of hydrazine groups is 1. The van der Waals surface area contributed by atoms with E-state index in [0.717, 1.165) is 27.7 Å². The lowest BCUT2D eigenvalue weighted by molar-refractivity contribution is 0.0111. The van der Waals surface area contributed by atoms with E-state index in [9.17, 15) is 4.79 Å². The van der Waals surface area contributed by atoms with Crippen LogP contribution in [0.5, 0.6) is 11.5 Å². The molecule has 2 aromatic carbocycles. The smallest absolute Gasteiger partial charge is 0.429 e. The van der Waals surface area contributed by atoms with Gasteiger partial charge in [-0.15, -0.1) is 0 Å². The maximum atomic E-state index is 13.3. The number of hydrogen-bond acceptors (Lipinski definition) is 8. The van der Waals surface area contributed by atoms with Crippen molar-refractivity contribution in [2.75, 3.05) is 53.9 Å². The van der Waals surface area contributed by atoms with Gasteiger partial charge in [0.05, 0.1) is 64.9 Å². The summed E-state index contributed by atoms with van der Waals surface area (Å²) in [6, 6.07) is 11.3. The average molecular weight is 592 g/mol. The van der Waals surface area contributed by atoms with E-state index in [2.05, 4.69) is 28.3 Å². The van der Waals surface area contributed by atoms with Crippen molar-refractivity contribution in [2.24, 2.45) is 10.9 Å². The van der Waals surface area contributed by atoms with Gasteiger partial charge in [0.25, 0.3) is 0 Å². The van der Waals surface area contributed by atoms with Crippen molar-refractivity contribution in [1.29, 1.82) is 0 Å². The molecule has 1 amide bonds. The highest BCUT2D eigenvalue weighted by Gasteiger charge is 2.53. The summed E-state index contributed by atoms with van der Waals surface area (Å²) in [7, 11) is 3.22. The van der Waals surface area contributed by atoms with E-state index in [4.69, 9.17) is 33.8 Å². The molecule has 4 rings (SSSR count). The Morgan fingerprint density at radius 1 is 1.03 bits per heavy atom. The normalized spacial score (nSPS) is 20.7. The molecule has 10 nitrogen and oxygen atoms in total. The molecule has 0 bridgehead atoms. The summed E-state index contributed by atoms with van der Waals surface area (Å²) in [4.78, 5) is 18.2. The van der Waals surface area contributed by atoms with Gasteiger partial charge in [-0.05, 0) is 53.8 Å². The first-order chi connectivity index (χ1) is 18.5. The number of rotatable bonds is 12. The van der Waals surface area contributed by atoms with Gasteiger partial charge in [-0.25, -0.2) is 14.8 Å². The molecule has 0 spiro atoms. The fourth-order valence-electron chi connectivity index (χ4n) is 5.06. The van der Waals surface area contributed by atoms with Crippen LogP contribution in [0, 0.1) is 5.92 Å². The lowest BCUT2D eigenvalue weighted by Gasteiger charge is -2.23. The summed E-state index contributed by atoms with van der Waals surface area (Å²) in [5.41, 5.74) is 6.09. The van der Waals surface area contributed by atoms with E-state index < -0.39 is 6.09 Å². The second-order valence-corrected chi connectivity index (χ2v) is 9.76. The fourth-order valence-corrected chi connectivity index (χ4v) is 5.45. The minimum absolute atomic E-state index is 0.0316. The molecule has 206 valence electrons. The minimum atomic E-state index is -0.517. The van der Waals surface area contributed by atoms with Crippen LogP contribution in [0.4, 0.5) is 10.5 Å². The molecule has 3 unspecified atom stereocenters. The van der Waals surface area contributed by atoms with Crippen molar-refractivity contribution < 1.29 is 33.6 Å². The van der Waals surface area contributed by atoms with Gasteiger partial charge >= 0.3 is 6.09 Å². The maximum absolute atomic E-state index is 13.3. The second kappa shape index (κ2) is 13.3. The van der Waals surface area contributed by atoms with Crippen LogP contribution in [0.1, 0.15) is 36.4 Å². The number of amidine groups is 1. The number of aliphatic hydroxyl groups excluding tert-OH is 1. The van der Waals surface area contributed by atoms with Crippen molar-refractivity contribution >= 4 is 33.5 Å². The Hall–Kier alpha value is -2.86. The third-order valence-corrected chi connectivity index (χ3v) is 7.16. The van der Waals surface area contributed by atoms with E-state index in [0.29, 0.717) is 30.5 Å². The Kier molecular flexibility index (Phi) is 9.84. The number of halogens is 1. The number of ether oxygens (including phenoxy) is 5. The molecule has 1 heterocycles. The predicted molar refractivity (Wildman–Crippen MR) is 145 cm³/mol. The van der Waals surface area contributed by atoms with Gasteiger partial charge in [0.2, 0.25) is 0 Å². The van der Waals surface area contributed by atoms with Crippen molar-refractivity contribution in [2.45, 2.75) is 25.3 Å². The third kappa shape index (κ3) is 6.06. The zero-order chi connectivity index (χ0) is 27.1. The summed E-state index contributed by atoms with van der Waals surface area (Å²) in [5, 5.41) is 10.3. The number of hydrogen-bond donors (Lipinski definition) is 2. The third-order valence-electron chi connectivity index (χ3n) is 6.66. The van der Waals surface area contributed by atoms with Gasteiger partial charge in [-0.1, -0.05) is 28.9 Å². The van der Waals surface area contributed by atoms with Gasteiger partial charge in [0, 0.05) is 4.47 Å². The molecule has 1 fully saturated rings.